The van der Waals surface area contributed by atoms with E-state index in [1.54, 1.807) is 0 Å². The second-order valence-electron chi connectivity index (χ2n) is 6.08. The molecule has 1 amide bonds. The topological polar surface area (TPSA) is 32.3 Å². The normalized spacial score (nSPS) is 16.5. The number of carbonyl (C=O) groups is 1. The third kappa shape index (κ3) is 3.28. The van der Waals surface area contributed by atoms with Crippen LogP contribution < -0.4 is 10.2 Å². The number of hydrogen-bond donors (Lipinski definition) is 1. The molecule has 1 N–H and O–H groups in total. The zero-order valence-electron chi connectivity index (χ0n) is 14.0. The van der Waals surface area contributed by atoms with Gasteiger partial charge in [-0.1, -0.05) is 64.5 Å². The van der Waals surface area contributed by atoms with Crippen LogP contribution in [-0.4, -0.2) is 5.91 Å². The Labute approximate surface area is 161 Å². The monoisotopic (exact) mass is 404 g/mol. The minimum Gasteiger partial charge on any atom is -0.351 e. The standard InChI is InChI=1S/C22H17BrN2O/c23-17-13-11-16(12-14-17)21-15-20(24-18-7-3-1-4-8-18)22(26)25(21)19-9-5-2-6-10-19/h1-15,21,24H/t21-/m0/s1. The van der Waals surface area contributed by atoms with Gasteiger partial charge in [-0.15, -0.1) is 0 Å². The van der Waals surface area contributed by atoms with Gasteiger partial charge >= 0.3 is 0 Å². The van der Waals surface area contributed by atoms with Crippen LogP contribution in [0.4, 0.5) is 11.4 Å². The van der Waals surface area contributed by atoms with Gasteiger partial charge in [0.1, 0.15) is 5.70 Å². The minimum atomic E-state index is -0.149. The molecule has 128 valence electrons. The summed E-state index contributed by atoms with van der Waals surface area (Å²) in [6, 6.07) is 27.5. The van der Waals surface area contributed by atoms with E-state index in [1.165, 1.54) is 0 Å². The first kappa shape index (κ1) is 16.6. The summed E-state index contributed by atoms with van der Waals surface area (Å²) < 4.78 is 1.02. The molecule has 0 aromatic heterocycles. The Morgan fingerprint density at radius 3 is 2.08 bits per heavy atom. The lowest BCUT2D eigenvalue weighted by molar-refractivity contribution is -0.114. The van der Waals surface area contributed by atoms with Crippen molar-refractivity contribution in [2.24, 2.45) is 0 Å². The quantitative estimate of drug-likeness (QED) is 0.619. The lowest BCUT2D eigenvalue weighted by atomic mass is 10.1. The molecule has 0 unspecified atom stereocenters. The van der Waals surface area contributed by atoms with Gasteiger partial charge < -0.3 is 5.32 Å². The van der Waals surface area contributed by atoms with Crippen molar-refractivity contribution >= 4 is 33.2 Å². The Hall–Kier alpha value is -2.85. The van der Waals surface area contributed by atoms with E-state index in [9.17, 15) is 4.79 Å². The summed E-state index contributed by atoms with van der Waals surface area (Å²) >= 11 is 3.47. The van der Waals surface area contributed by atoms with Crippen LogP contribution in [0.25, 0.3) is 0 Å². The molecule has 0 saturated heterocycles. The van der Waals surface area contributed by atoms with Crippen LogP contribution in [0, 0.1) is 0 Å². The van der Waals surface area contributed by atoms with Gasteiger partial charge in [0, 0.05) is 15.8 Å². The van der Waals surface area contributed by atoms with E-state index in [-0.39, 0.29) is 11.9 Å². The molecule has 3 aromatic rings. The Balaban J connectivity index is 1.73. The van der Waals surface area contributed by atoms with Crippen LogP contribution in [0.1, 0.15) is 11.6 Å². The van der Waals surface area contributed by atoms with Crippen molar-refractivity contribution in [2.45, 2.75) is 6.04 Å². The highest BCUT2D eigenvalue weighted by Gasteiger charge is 2.34. The van der Waals surface area contributed by atoms with Gasteiger partial charge in [-0.3, -0.25) is 9.69 Å². The molecule has 4 heteroatoms. The predicted molar refractivity (Wildman–Crippen MR) is 109 cm³/mol. The number of benzene rings is 3. The van der Waals surface area contributed by atoms with Crippen LogP contribution >= 0.6 is 15.9 Å². The summed E-state index contributed by atoms with van der Waals surface area (Å²) in [7, 11) is 0. The lowest BCUT2D eigenvalue weighted by Gasteiger charge is -2.25. The van der Waals surface area contributed by atoms with E-state index in [2.05, 4.69) is 21.2 Å². The number of carbonyl (C=O) groups excluding carboxylic acids is 1. The van der Waals surface area contributed by atoms with Gasteiger partial charge in [-0.2, -0.15) is 0 Å². The highest BCUT2D eigenvalue weighted by Crippen LogP contribution is 2.36. The van der Waals surface area contributed by atoms with Crippen LogP contribution in [-0.2, 0) is 4.79 Å². The first-order valence-electron chi connectivity index (χ1n) is 8.40. The molecule has 0 bridgehead atoms. The van der Waals surface area contributed by atoms with Crippen molar-refractivity contribution in [1.29, 1.82) is 0 Å². The molecule has 3 aromatic carbocycles. The molecule has 0 aliphatic carbocycles. The van der Waals surface area contributed by atoms with Gasteiger partial charge in [-0.25, -0.2) is 0 Å². The van der Waals surface area contributed by atoms with E-state index in [4.69, 9.17) is 0 Å². The van der Waals surface area contributed by atoms with Crippen molar-refractivity contribution in [2.75, 3.05) is 10.2 Å². The second kappa shape index (κ2) is 7.18. The predicted octanol–water partition coefficient (Wildman–Crippen LogP) is 5.53. The van der Waals surface area contributed by atoms with E-state index in [1.807, 2.05) is 95.9 Å². The molecule has 1 aliphatic heterocycles. The highest BCUT2D eigenvalue weighted by molar-refractivity contribution is 9.10. The van der Waals surface area contributed by atoms with E-state index < -0.39 is 0 Å². The molecule has 0 radical (unpaired) electrons. The fourth-order valence-corrected chi connectivity index (χ4v) is 3.37. The van der Waals surface area contributed by atoms with Crippen molar-refractivity contribution in [3.8, 4) is 0 Å². The zero-order chi connectivity index (χ0) is 17.9. The lowest BCUT2D eigenvalue weighted by Crippen LogP contribution is -2.30. The maximum atomic E-state index is 13.1. The van der Waals surface area contributed by atoms with Gasteiger partial charge in [-0.05, 0) is 48.0 Å². The maximum Gasteiger partial charge on any atom is 0.275 e. The number of rotatable bonds is 4. The third-order valence-corrected chi connectivity index (χ3v) is 4.88. The fraction of sp³-hybridized carbons (Fsp3) is 0.0455. The molecule has 0 spiro atoms. The summed E-state index contributed by atoms with van der Waals surface area (Å²) in [6.45, 7) is 0. The summed E-state index contributed by atoms with van der Waals surface area (Å²) in [5.74, 6) is -0.0343. The third-order valence-electron chi connectivity index (χ3n) is 4.35. The summed E-state index contributed by atoms with van der Waals surface area (Å²) in [6.07, 6.45) is 1.99. The first-order chi connectivity index (χ1) is 12.7. The smallest absolute Gasteiger partial charge is 0.275 e. The highest BCUT2D eigenvalue weighted by atomic mass is 79.9. The van der Waals surface area contributed by atoms with Crippen LogP contribution in [0.15, 0.2) is 101 Å². The second-order valence-corrected chi connectivity index (χ2v) is 6.99. The van der Waals surface area contributed by atoms with Crippen molar-refractivity contribution < 1.29 is 4.79 Å². The molecular formula is C22H17BrN2O. The average molecular weight is 405 g/mol. The zero-order valence-corrected chi connectivity index (χ0v) is 15.6. The van der Waals surface area contributed by atoms with Crippen LogP contribution in [0.2, 0.25) is 0 Å². The number of anilines is 2. The van der Waals surface area contributed by atoms with Crippen molar-refractivity contribution in [3.05, 3.63) is 107 Å². The molecular weight excluding hydrogens is 388 g/mol. The Bertz CT molecular complexity index is 937. The van der Waals surface area contributed by atoms with E-state index >= 15 is 0 Å². The average Bonchev–Trinajstić information content (AvgIpc) is 3.00. The van der Waals surface area contributed by atoms with E-state index in [0.717, 1.165) is 21.4 Å². The molecule has 1 aliphatic rings. The van der Waals surface area contributed by atoms with Gasteiger partial charge in [0.2, 0.25) is 0 Å². The van der Waals surface area contributed by atoms with Crippen LogP contribution in [0.5, 0.6) is 0 Å². The van der Waals surface area contributed by atoms with Gasteiger partial charge in [0.05, 0.1) is 6.04 Å². The molecule has 0 fully saturated rings. The molecule has 0 saturated carbocycles. The Kier molecular flexibility index (Phi) is 4.59. The molecule has 4 rings (SSSR count). The SMILES string of the molecule is O=C1C(Nc2ccccc2)=C[C@@H](c2ccc(Br)cc2)N1c1ccccc1. The van der Waals surface area contributed by atoms with Crippen molar-refractivity contribution in [3.63, 3.8) is 0 Å². The number of hydrogen-bond acceptors (Lipinski definition) is 2. The summed E-state index contributed by atoms with van der Waals surface area (Å²) in [5.41, 5.74) is 3.44. The number of nitrogens with zero attached hydrogens (tertiary/aromatic N) is 1. The summed E-state index contributed by atoms with van der Waals surface area (Å²) in [4.78, 5) is 15.0. The van der Waals surface area contributed by atoms with Crippen LogP contribution in [0.3, 0.4) is 0 Å². The van der Waals surface area contributed by atoms with Gasteiger partial charge in [0.15, 0.2) is 0 Å². The minimum absolute atomic E-state index is 0.0343. The van der Waals surface area contributed by atoms with Crippen molar-refractivity contribution in [1.82, 2.24) is 0 Å². The number of halogens is 1. The molecule has 1 heterocycles. The summed E-state index contributed by atoms with van der Waals surface area (Å²) in [5, 5.41) is 3.26. The molecule has 1 atom stereocenters. The van der Waals surface area contributed by atoms with Gasteiger partial charge in [0.25, 0.3) is 5.91 Å². The maximum absolute atomic E-state index is 13.1. The largest absolute Gasteiger partial charge is 0.351 e. The molecule has 26 heavy (non-hydrogen) atoms. The first-order valence-corrected chi connectivity index (χ1v) is 9.19. The van der Waals surface area contributed by atoms with E-state index in [0.29, 0.717) is 5.70 Å². The fourth-order valence-electron chi connectivity index (χ4n) is 3.10. The Morgan fingerprint density at radius 2 is 1.42 bits per heavy atom. The number of nitrogens with one attached hydrogen (secondary N) is 1. The number of amides is 1. The molecule has 3 nitrogen and oxygen atoms in total. The number of para-hydroxylation sites is 2. The Morgan fingerprint density at radius 1 is 0.808 bits per heavy atom.